The minimum Gasteiger partial charge on any atom is -0.356 e. The topological polar surface area (TPSA) is 39.7 Å². The van der Waals surface area contributed by atoms with E-state index < -0.39 is 0 Å². The van der Waals surface area contributed by atoms with Crippen molar-refractivity contribution < 1.29 is 4.39 Å². The Bertz CT molecular complexity index is 492. The number of likely N-dealkylation sites (tertiary alicyclic amines) is 1. The highest BCUT2D eigenvalue weighted by Gasteiger charge is 2.17. The Morgan fingerprint density at radius 2 is 1.92 bits per heavy atom. The van der Waals surface area contributed by atoms with E-state index in [9.17, 15) is 4.39 Å². The van der Waals surface area contributed by atoms with Crippen LogP contribution >= 0.6 is 24.0 Å². The monoisotopic (exact) mass is 448 g/mol. The molecule has 2 N–H and O–H groups in total. The molecule has 24 heavy (non-hydrogen) atoms. The van der Waals surface area contributed by atoms with Crippen LogP contribution in [-0.4, -0.2) is 50.1 Å². The van der Waals surface area contributed by atoms with Crippen molar-refractivity contribution in [1.82, 2.24) is 15.5 Å². The number of hydrogen-bond acceptors (Lipinski definition) is 2. The van der Waals surface area contributed by atoms with Crippen molar-refractivity contribution >= 4 is 29.9 Å². The van der Waals surface area contributed by atoms with Crippen LogP contribution in [0.5, 0.6) is 0 Å². The first-order valence-electron chi connectivity index (χ1n) is 8.62. The Morgan fingerprint density at radius 1 is 1.21 bits per heavy atom. The van der Waals surface area contributed by atoms with Gasteiger partial charge in [-0.3, -0.25) is 9.89 Å². The third-order valence-electron chi connectivity index (χ3n) is 4.48. The highest BCUT2D eigenvalue weighted by molar-refractivity contribution is 14.0. The molecule has 4 nitrogen and oxygen atoms in total. The molecule has 1 atom stereocenters. The highest BCUT2D eigenvalue weighted by atomic mass is 127. The lowest BCUT2D eigenvalue weighted by atomic mass is 10.0. The van der Waals surface area contributed by atoms with Crippen LogP contribution in [0.2, 0.25) is 0 Å². The van der Waals surface area contributed by atoms with Gasteiger partial charge in [-0.25, -0.2) is 4.39 Å². The number of nitrogens with zero attached hydrogens (tertiary/aromatic N) is 2. The number of piperidine rings is 1. The summed E-state index contributed by atoms with van der Waals surface area (Å²) in [4.78, 5) is 6.79. The number of aliphatic imine (C=N–C) groups is 1. The van der Waals surface area contributed by atoms with Crippen LogP contribution in [0.15, 0.2) is 29.3 Å². The van der Waals surface area contributed by atoms with E-state index in [1.54, 1.807) is 7.05 Å². The van der Waals surface area contributed by atoms with E-state index >= 15 is 0 Å². The second-order valence-electron chi connectivity index (χ2n) is 6.18. The molecular formula is C18H30FIN4. The summed E-state index contributed by atoms with van der Waals surface area (Å²) in [6.07, 6.45) is 4.83. The quantitative estimate of drug-likeness (QED) is 0.400. The van der Waals surface area contributed by atoms with Crippen LogP contribution in [-0.2, 0) is 6.42 Å². The van der Waals surface area contributed by atoms with Gasteiger partial charge < -0.3 is 10.6 Å². The summed E-state index contributed by atoms with van der Waals surface area (Å²) in [6.45, 7) is 6.26. The summed E-state index contributed by atoms with van der Waals surface area (Å²) in [6, 6.07) is 7.35. The first kappa shape index (κ1) is 21.2. The fourth-order valence-corrected chi connectivity index (χ4v) is 3.00. The van der Waals surface area contributed by atoms with Crippen molar-refractivity contribution in [3.63, 3.8) is 0 Å². The highest BCUT2D eigenvalue weighted by Crippen LogP contribution is 2.15. The molecule has 0 aromatic heterocycles. The molecule has 1 aromatic rings. The van der Waals surface area contributed by atoms with E-state index in [4.69, 9.17) is 0 Å². The van der Waals surface area contributed by atoms with Crippen molar-refractivity contribution in [3.8, 4) is 0 Å². The van der Waals surface area contributed by atoms with Crippen molar-refractivity contribution in [2.75, 3.05) is 33.2 Å². The van der Waals surface area contributed by atoms with Gasteiger partial charge in [-0.15, -0.1) is 24.0 Å². The average molecular weight is 448 g/mol. The van der Waals surface area contributed by atoms with Gasteiger partial charge in [-0.1, -0.05) is 18.6 Å². The van der Waals surface area contributed by atoms with E-state index in [2.05, 4.69) is 27.4 Å². The molecule has 1 aromatic carbocycles. The number of nitrogens with one attached hydrogen (secondary N) is 2. The zero-order valence-electron chi connectivity index (χ0n) is 14.7. The van der Waals surface area contributed by atoms with E-state index in [-0.39, 0.29) is 29.8 Å². The smallest absolute Gasteiger partial charge is 0.191 e. The van der Waals surface area contributed by atoms with Crippen molar-refractivity contribution in [2.24, 2.45) is 4.99 Å². The summed E-state index contributed by atoms with van der Waals surface area (Å²) in [5.41, 5.74) is 1.12. The van der Waals surface area contributed by atoms with Gasteiger partial charge in [0.1, 0.15) is 5.82 Å². The van der Waals surface area contributed by atoms with Gasteiger partial charge in [0, 0.05) is 32.7 Å². The van der Waals surface area contributed by atoms with Crippen molar-refractivity contribution in [1.29, 1.82) is 0 Å². The Hall–Kier alpha value is -0.890. The van der Waals surface area contributed by atoms with Gasteiger partial charge >= 0.3 is 0 Å². The lowest BCUT2D eigenvalue weighted by molar-refractivity contribution is 0.163. The molecule has 1 fully saturated rings. The maximum absolute atomic E-state index is 12.9. The van der Waals surface area contributed by atoms with Gasteiger partial charge in [0.2, 0.25) is 0 Å². The average Bonchev–Trinajstić information content (AvgIpc) is 2.57. The third-order valence-corrected chi connectivity index (χ3v) is 4.48. The maximum atomic E-state index is 12.9. The Labute approximate surface area is 162 Å². The fourth-order valence-electron chi connectivity index (χ4n) is 3.00. The first-order chi connectivity index (χ1) is 11.2. The molecule has 2 rings (SSSR count). The van der Waals surface area contributed by atoms with Crippen molar-refractivity contribution in [3.05, 3.63) is 35.6 Å². The molecule has 0 bridgehead atoms. The molecule has 1 aliphatic heterocycles. The molecule has 6 heteroatoms. The van der Waals surface area contributed by atoms with Crippen molar-refractivity contribution in [2.45, 2.75) is 38.6 Å². The summed E-state index contributed by atoms with van der Waals surface area (Å²) in [5.74, 6) is 0.642. The molecule has 136 valence electrons. The molecule has 0 aliphatic carbocycles. The van der Waals surface area contributed by atoms with Gasteiger partial charge in [-0.05, 0) is 50.4 Å². The van der Waals surface area contributed by atoms with Crippen LogP contribution in [0.25, 0.3) is 0 Å². The molecule has 0 saturated carbocycles. The number of guanidine groups is 1. The molecule has 1 heterocycles. The lowest BCUT2D eigenvalue weighted by Gasteiger charge is -2.33. The molecular weight excluding hydrogens is 418 g/mol. The van der Waals surface area contributed by atoms with Gasteiger partial charge in [0.25, 0.3) is 0 Å². The SMILES string of the molecule is CN=C(NCCc1ccc(F)cc1)NCCN1CCCCC1C.I. The number of hydrogen-bond donors (Lipinski definition) is 2. The molecule has 0 amide bonds. The number of benzene rings is 1. The Balaban J connectivity index is 0.00000288. The lowest BCUT2D eigenvalue weighted by Crippen LogP contribution is -2.45. The minimum absolute atomic E-state index is 0. The standard InChI is InChI=1S/C18H29FN4.HI/c1-15-5-3-4-13-23(15)14-12-22-18(20-2)21-11-10-16-6-8-17(19)9-7-16;/h6-9,15H,3-5,10-14H2,1-2H3,(H2,20,21,22);1H. The molecule has 0 spiro atoms. The number of halogens is 2. The molecule has 1 aliphatic rings. The predicted octanol–water partition coefficient (Wildman–Crippen LogP) is 3.03. The zero-order valence-corrected chi connectivity index (χ0v) is 17.1. The van der Waals surface area contributed by atoms with Crippen LogP contribution in [0.1, 0.15) is 31.7 Å². The van der Waals surface area contributed by atoms with Gasteiger partial charge in [-0.2, -0.15) is 0 Å². The van der Waals surface area contributed by atoms with E-state index in [0.29, 0.717) is 6.04 Å². The van der Waals surface area contributed by atoms with Crippen LogP contribution < -0.4 is 10.6 Å². The molecule has 0 radical (unpaired) electrons. The van der Waals surface area contributed by atoms with E-state index in [1.807, 2.05) is 12.1 Å². The Morgan fingerprint density at radius 3 is 2.58 bits per heavy atom. The fraction of sp³-hybridized carbons (Fsp3) is 0.611. The van der Waals surface area contributed by atoms with Crippen LogP contribution in [0.4, 0.5) is 4.39 Å². The molecule has 1 unspecified atom stereocenters. The zero-order chi connectivity index (χ0) is 16.5. The summed E-state index contributed by atoms with van der Waals surface area (Å²) >= 11 is 0. The molecule has 1 saturated heterocycles. The summed E-state index contributed by atoms with van der Waals surface area (Å²) < 4.78 is 12.9. The summed E-state index contributed by atoms with van der Waals surface area (Å²) in [7, 11) is 1.79. The van der Waals surface area contributed by atoms with Gasteiger partial charge in [0.15, 0.2) is 5.96 Å². The second kappa shape index (κ2) is 11.6. The van der Waals surface area contributed by atoms with E-state index in [1.165, 1.54) is 37.9 Å². The minimum atomic E-state index is -0.189. The van der Waals surface area contributed by atoms with E-state index in [0.717, 1.165) is 37.6 Å². The summed E-state index contributed by atoms with van der Waals surface area (Å²) in [5, 5.41) is 6.68. The number of rotatable bonds is 6. The van der Waals surface area contributed by atoms with Crippen LogP contribution in [0, 0.1) is 5.82 Å². The predicted molar refractivity (Wildman–Crippen MR) is 110 cm³/mol. The first-order valence-corrected chi connectivity index (χ1v) is 8.62. The largest absolute Gasteiger partial charge is 0.356 e. The maximum Gasteiger partial charge on any atom is 0.191 e. The van der Waals surface area contributed by atoms with Crippen LogP contribution in [0.3, 0.4) is 0 Å². The van der Waals surface area contributed by atoms with Gasteiger partial charge in [0.05, 0.1) is 0 Å². The Kier molecular flexibility index (Phi) is 10.2. The normalized spacial score (nSPS) is 18.8. The second-order valence-corrected chi connectivity index (χ2v) is 6.18. The third kappa shape index (κ3) is 7.34.